The third-order valence-corrected chi connectivity index (χ3v) is 4.24. The van der Waals surface area contributed by atoms with Gasteiger partial charge in [-0.3, -0.25) is 4.79 Å². The molecule has 1 atom stereocenters. The monoisotopic (exact) mass is 367 g/mol. The standard InChI is InChI=1S/C18H14BrN3O/c19-13-8-6-12(7-9-13)15-10-17(23)22-18(16(15)11-20)21-14-4-2-1-3-5-14/h1-9,15,21H,10H2,(H,22,23). The summed E-state index contributed by atoms with van der Waals surface area (Å²) in [7, 11) is 0. The highest BCUT2D eigenvalue weighted by molar-refractivity contribution is 9.10. The lowest BCUT2D eigenvalue weighted by molar-refractivity contribution is -0.121. The fraction of sp³-hybridized carbons (Fsp3) is 0.111. The number of anilines is 1. The number of carbonyl (C=O) groups excluding carboxylic acids is 1. The number of hydrogen-bond acceptors (Lipinski definition) is 3. The first-order valence-corrected chi connectivity index (χ1v) is 7.98. The topological polar surface area (TPSA) is 64.9 Å². The predicted octanol–water partition coefficient (Wildman–Crippen LogP) is 3.90. The molecule has 2 aromatic rings. The Hall–Kier alpha value is -2.58. The van der Waals surface area contributed by atoms with E-state index in [9.17, 15) is 10.1 Å². The zero-order valence-corrected chi connectivity index (χ0v) is 13.8. The van der Waals surface area contributed by atoms with Crippen LogP contribution >= 0.6 is 15.9 Å². The van der Waals surface area contributed by atoms with Crippen molar-refractivity contribution in [2.24, 2.45) is 0 Å². The van der Waals surface area contributed by atoms with Crippen molar-refractivity contribution < 1.29 is 4.79 Å². The SMILES string of the molecule is N#CC1=C(Nc2ccccc2)NC(=O)CC1c1ccc(Br)cc1. The molecular formula is C18H14BrN3O. The summed E-state index contributed by atoms with van der Waals surface area (Å²) in [6, 6.07) is 19.4. The highest BCUT2D eigenvalue weighted by atomic mass is 79.9. The summed E-state index contributed by atoms with van der Waals surface area (Å²) >= 11 is 3.40. The number of hydrogen-bond donors (Lipinski definition) is 2. The van der Waals surface area contributed by atoms with Crippen molar-refractivity contribution in [1.82, 2.24) is 5.32 Å². The van der Waals surface area contributed by atoms with Crippen LogP contribution < -0.4 is 10.6 Å². The molecule has 23 heavy (non-hydrogen) atoms. The highest BCUT2D eigenvalue weighted by Gasteiger charge is 2.29. The Kier molecular flexibility index (Phi) is 4.45. The minimum atomic E-state index is -0.243. The Labute approximate surface area is 143 Å². The average molecular weight is 368 g/mol. The number of benzene rings is 2. The number of halogens is 1. The van der Waals surface area contributed by atoms with Crippen LogP contribution in [-0.4, -0.2) is 5.91 Å². The number of para-hydroxylation sites is 1. The van der Waals surface area contributed by atoms with E-state index in [0.717, 1.165) is 15.7 Å². The third kappa shape index (κ3) is 3.43. The molecule has 1 amide bonds. The minimum Gasteiger partial charge on any atom is -0.341 e. The number of allylic oxidation sites excluding steroid dienone is 1. The Morgan fingerprint density at radius 1 is 1.13 bits per heavy atom. The molecule has 5 heteroatoms. The van der Waals surface area contributed by atoms with Crippen molar-refractivity contribution in [2.75, 3.05) is 5.32 Å². The molecule has 0 fully saturated rings. The van der Waals surface area contributed by atoms with E-state index in [-0.39, 0.29) is 18.2 Å². The second-order valence-electron chi connectivity index (χ2n) is 5.25. The first kappa shape index (κ1) is 15.3. The van der Waals surface area contributed by atoms with Gasteiger partial charge in [0.25, 0.3) is 0 Å². The van der Waals surface area contributed by atoms with Gasteiger partial charge in [-0.05, 0) is 29.8 Å². The van der Waals surface area contributed by atoms with Gasteiger partial charge in [0, 0.05) is 22.5 Å². The van der Waals surface area contributed by atoms with E-state index in [4.69, 9.17) is 0 Å². The van der Waals surface area contributed by atoms with E-state index in [1.54, 1.807) is 0 Å². The molecule has 1 aliphatic heterocycles. The molecule has 0 bridgehead atoms. The molecule has 3 rings (SSSR count). The van der Waals surface area contributed by atoms with Crippen molar-refractivity contribution >= 4 is 27.5 Å². The molecule has 0 saturated heterocycles. The van der Waals surface area contributed by atoms with Gasteiger partial charge in [-0.25, -0.2) is 0 Å². The van der Waals surface area contributed by atoms with Crippen molar-refractivity contribution in [2.45, 2.75) is 12.3 Å². The van der Waals surface area contributed by atoms with Crippen LogP contribution in [0.25, 0.3) is 0 Å². The molecule has 2 aromatic carbocycles. The molecule has 114 valence electrons. The normalized spacial score (nSPS) is 17.4. The van der Waals surface area contributed by atoms with Crippen molar-refractivity contribution in [3.8, 4) is 6.07 Å². The first-order valence-electron chi connectivity index (χ1n) is 7.19. The average Bonchev–Trinajstić information content (AvgIpc) is 2.56. The molecule has 0 spiro atoms. The second-order valence-corrected chi connectivity index (χ2v) is 6.16. The van der Waals surface area contributed by atoms with Crippen molar-refractivity contribution in [1.29, 1.82) is 5.26 Å². The van der Waals surface area contributed by atoms with Crippen LogP contribution in [0.5, 0.6) is 0 Å². The summed E-state index contributed by atoms with van der Waals surface area (Å²) in [5.41, 5.74) is 2.31. The lowest BCUT2D eigenvalue weighted by Crippen LogP contribution is -2.35. The summed E-state index contributed by atoms with van der Waals surface area (Å²) in [4.78, 5) is 12.1. The molecular weight excluding hydrogens is 354 g/mol. The van der Waals surface area contributed by atoms with Gasteiger partial charge in [0.05, 0.1) is 11.6 Å². The zero-order valence-electron chi connectivity index (χ0n) is 12.2. The number of amides is 1. The molecule has 2 N–H and O–H groups in total. The van der Waals surface area contributed by atoms with Crippen LogP contribution in [0.1, 0.15) is 17.9 Å². The van der Waals surface area contributed by atoms with E-state index in [1.807, 2.05) is 54.6 Å². The maximum Gasteiger partial charge on any atom is 0.226 e. The number of nitrogens with one attached hydrogen (secondary N) is 2. The van der Waals surface area contributed by atoms with Gasteiger partial charge in [0.2, 0.25) is 5.91 Å². The Balaban J connectivity index is 1.99. The first-order chi connectivity index (χ1) is 11.2. The zero-order chi connectivity index (χ0) is 16.2. The third-order valence-electron chi connectivity index (χ3n) is 3.71. The van der Waals surface area contributed by atoms with Gasteiger partial charge in [-0.1, -0.05) is 46.3 Å². The fourth-order valence-electron chi connectivity index (χ4n) is 2.60. The van der Waals surface area contributed by atoms with E-state index in [2.05, 4.69) is 32.6 Å². The van der Waals surface area contributed by atoms with Gasteiger partial charge in [-0.2, -0.15) is 5.26 Å². The van der Waals surface area contributed by atoms with Crippen molar-refractivity contribution in [3.63, 3.8) is 0 Å². The highest BCUT2D eigenvalue weighted by Crippen LogP contribution is 2.33. The van der Waals surface area contributed by atoms with Crippen molar-refractivity contribution in [3.05, 3.63) is 76.0 Å². The Morgan fingerprint density at radius 3 is 2.48 bits per heavy atom. The molecule has 0 radical (unpaired) electrons. The minimum absolute atomic E-state index is 0.102. The summed E-state index contributed by atoms with van der Waals surface area (Å²) in [6.07, 6.45) is 0.268. The molecule has 4 nitrogen and oxygen atoms in total. The molecule has 0 aliphatic carbocycles. The summed E-state index contributed by atoms with van der Waals surface area (Å²) in [5.74, 6) is 0.117. The Morgan fingerprint density at radius 2 is 1.83 bits per heavy atom. The number of nitrogens with zero attached hydrogens (tertiary/aromatic N) is 1. The van der Waals surface area contributed by atoms with Gasteiger partial charge in [0.15, 0.2) is 0 Å². The van der Waals surface area contributed by atoms with Crippen LogP contribution in [0.4, 0.5) is 5.69 Å². The van der Waals surface area contributed by atoms with Crippen LogP contribution in [0.3, 0.4) is 0 Å². The van der Waals surface area contributed by atoms with E-state index in [0.29, 0.717) is 11.4 Å². The lowest BCUT2D eigenvalue weighted by atomic mass is 9.86. The number of nitriles is 1. The fourth-order valence-corrected chi connectivity index (χ4v) is 2.86. The van der Waals surface area contributed by atoms with Crippen LogP contribution in [-0.2, 0) is 4.79 Å². The molecule has 1 heterocycles. The molecule has 1 unspecified atom stereocenters. The van der Waals surface area contributed by atoms with E-state index in [1.165, 1.54) is 0 Å². The lowest BCUT2D eigenvalue weighted by Gasteiger charge is -2.26. The molecule has 1 aliphatic rings. The van der Waals surface area contributed by atoms with Crippen LogP contribution in [0, 0.1) is 11.3 Å². The number of carbonyl (C=O) groups is 1. The van der Waals surface area contributed by atoms with E-state index >= 15 is 0 Å². The second kappa shape index (κ2) is 6.67. The number of rotatable bonds is 3. The van der Waals surface area contributed by atoms with Crippen LogP contribution in [0.2, 0.25) is 0 Å². The van der Waals surface area contributed by atoms with E-state index < -0.39 is 0 Å². The summed E-state index contributed by atoms with van der Waals surface area (Å²) in [6.45, 7) is 0. The maximum atomic E-state index is 12.1. The van der Waals surface area contributed by atoms with Gasteiger partial charge in [-0.15, -0.1) is 0 Å². The summed E-state index contributed by atoms with van der Waals surface area (Å²) in [5, 5.41) is 15.5. The quantitative estimate of drug-likeness (QED) is 0.864. The largest absolute Gasteiger partial charge is 0.341 e. The van der Waals surface area contributed by atoms with Gasteiger partial charge in [0.1, 0.15) is 5.82 Å². The van der Waals surface area contributed by atoms with Crippen LogP contribution in [0.15, 0.2) is 70.5 Å². The van der Waals surface area contributed by atoms with Gasteiger partial charge >= 0.3 is 0 Å². The maximum absolute atomic E-state index is 12.1. The molecule has 0 aromatic heterocycles. The Bertz CT molecular complexity index is 791. The smallest absolute Gasteiger partial charge is 0.226 e. The molecule has 0 saturated carbocycles. The van der Waals surface area contributed by atoms with Gasteiger partial charge < -0.3 is 10.6 Å². The predicted molar refractivity (Wildman–Crippen MR) is 92.3 cm³/mol. The summed E-state index contributed by atoms with van der Waals surface area (Å²) < 4.78 is 0.964.